The van der Waals surface area contributed by atoms with Gasteiger partial charge < -0.3 is 15.7 Å². The smallest absolute Gasteiger partial charge is 0.282 e. The molecule has 0 heterocycles. The first-order chi connectivity index (χ1) is 8.43. The molecule has 4 nitrogen and oxygen atoms in total. The molecule has 0 saturated heterocycles. The SMILES string of the molecule is O=C(CNCC(F)(F)CO)Nc1cccc(Br)c1. The predicted octanol–water partition coefficient (Wildman–Crippen LogP) is 1.60. The first kappa shape index (κ1) is 15.0. The Labute approximate surface area is 112 Å². The summed E-state index contributed by atoms with van der Waals surface area (Å²) >= 11 is 3.25. The minimum atomic E-state index is -3.21. The van der Waals surface area contributed by atoms with Gasteiger partial charge in [0.25, 0.3) is 5.92 Å². The number of anilines is 1. The highest BCUT2D eigenvalue weighted by atomic mass is 79.9. The molecule has 0 saturated carbocycles. The summed E-state index contributed by atoms with van der Waals surface area (Å²) in [6, 6.07) is 6.92. The molecular weight excluding hydrogens is 310 g/mol. The molecule has 0 bridgehead atoms. The minimum absolute atomic E-state index is 0.248. The highest BCUT2D eigenvalue weighted by Gasteiger charge is 2.27. The quantitative estimate of drug-likeness (QED) is 0.745. The highest BCUT2D eigenvalue weighted by Crippen LogP contribution is 2.15. The van der Waals surface area contributed by atoms with Crippen LogP contribution in [0.5, 0.6) is 0 Å². The maximum absolute atomic E-state index is 12.6. The second-order valence-corrected chi connectivity index (χ2v) is 4.59. The molecule has 0 aliphatic rings. The van der Waals surface area contributed by atoms with Crippen molar-refractivity contribution < 1.29 is 18.7 Å². The van der Waals surface area contributed by atoms with Gasteiger partial charge in [-0.15, -0.1) is 0 Å². The Morgan fingerprint density at radius 2 is 2.17 bits per heavy atom. The highest BCUT2D eigenvalue weighted by molar-refractivity contribution is 9.10. The summed E-state index contributed by atoms with van der Waals surface area (Å²) < 4.78 is 26.1. The fourth-order valence-corrected chi connectivity index (χ4v) is 1.59. The van der Waals surface area contributed by atoms with Crippen molar-refractivity contribution in [3.63, 3.8) is 0 Å². The fourth-order valence-electron chi connectivity index (χ4n) is 1.19. The topological polar surface area (TPSA) is 61.4 Å². The van der Waals surface area contributed by atoms with E-state index >= 15 is 0 Å². The number of aliphatic hydroxyl groups excluding tert-OH is 1. The number of halogens is 3. The molecule has 18 heavy (non-hydrogen) atoms. The van der Waals surface area contributed by atoms with Crippen molar-refractivity contribution in [3.05, 3.63) is 28.7 Å². The van der Waals surface area contributed by atoms with Gasteiger partial charge in [-0.2, -0.15) is 0 Å². The molecule has 1 aromatic carbocycles. The molecule has 100 valence electrons. The van der Waals surface area contributed by atoms with Gasteiger partial charge in [0, 0.05) is 10.2 Å². The van der Waals surface area contributed by atoms with Gasteiger partial charge in [-0.1, -0.05) is 22.0 Å². The van der Waals surface area contributed by atoms with Crippen LogP contribution in [0, 0.1) is 0 Å². The lowest BCUT2D eigenvalue weighted by atomic mass is 10.3. The van der Waals surface area contributed by atoms with Gasteiger partial charge in [0.2, 0.25) is 5.91 Å². The van der Waals surface area contributed by atoms with E-state index in [0.29, 0.717) is 5.69 Å². The van der Waals surface area contributed by atoms with Gasteiger partial charge in [-0.05, 0) is 18.2 Å². The van der Waals surface area contributed by atoms with Gasteiger partial charge in [-0.25, -0.2) is 8.78 Å². The van der Waals surface area contributed by atoms with Crippen LogP contribution in [0.15, 0.2) is 28.7 Å². The molecule has 3 N–H and O–H groups in total. The third kappa shape index (κ3) is 5.52. The van der Waals surface area contributed by atoms with E-state index in [9.17, 15) is 13.6 Å². The Morgan fingerprint density at radius 1 is 1.44 bits per heavy atom. The van der Waals surface area contributed by atoms with Gasteiger partial charge >= 0.3 is 0 Å². The number of carbonyl (C=O) groups excluding carboxylic acids is 1. The lowest BCUT2D eigenvalue weighted by Gasteiger charge is -2.13. The summed E-state index contributed by atoms with van der Waals surface area (Å²) in [6.07, 6.45) is 0. The maximum Gasteiger partial charge on any atom is 0.282 e. The second-order valence-electron chi connectivity index (χ2n) is 3.68. The normalized spacial score (nSPS) is 11.3. The van der Waals surface area contributed by atoms with E-state index in [0.717, 1.165) is 4.47 Å². The summed E-state index contributed by atoms with van der Waals surface area (Å²) in [7, 11) is 0. The predicted molar refractivity (Wildman–Crippen MR) is 67.7 cm³/mol. The average Bonchev–Trinajstić information content (AvgIpc) is 2.28. The van der Waals surface area contributed by atoms with Crippen LogP contribution in [-0.4, -0.2) is 36.6 Å². The summed E-state index contributed by atoms with van der Waals surface area (Å²) in [5.41, 5.74) is 0.574. The van der Waals surface area contributed by atoms with E-state index in [2.05, 4.69) is 26.6 Å². The summed E-state index contributed by atoms with van der Waals surface area (Å²) in [5.74, 6) is -3.64. The van der Waals surface area contributed by atoms with Gasteiger partial charge in [0.15, 0.2) is 0 Å². The lowest BCUT2D eigenvalue weighted by Crippen LogP contribution is -2.39. The van der Waals surface area contributed by atoms with Crippen molar-refractivity contribution >= 4 is 27.5 Å². The van der Waals surface area contributed by atoms with Crippen LogP contribution in [0.25, 0.3) is 0 Å². The molecule has 7 heteroatoms. The molecule has 1 aromatic rings. The van der Waals surface area contributed by atoms with Crippen LogP contribution < -0.4 is 10.6 Å². The van der Waals surface area contributed by atoms with Crippen molar-refractivity contribution in [2.75, 3.05) is 25.0 Å². The van der Waals surface area contributed by atoms with Crippen molar-refractivity contribution in [2.45, 2.75) is 5.92 Å². The number of hydrogen-bond donors (Lipinski definition) is 3. The van der Waals surface area contributed by atoms with Crippen LogP contribution in [0.3, 0.4) is 0 Å². The zero-order valence-electron chi connectivity index (χ0n) is 9.42. The van der Waals surface area contributed by atoms with Crippen molar-refractivity contribution in [3.8, 4) is 0 Å². The van der Waals surface area contributed by atoms with E-state index in [-0.39, 0.29) is 6.54 Å². The molecule has 0 atom stereocenters. The van der Waals surface area contributed by atoms with Crippen LogP contribution in [0.2, 0.25) is 0 Å². The van der Waals surface area contributed by atoms with Crippen molar-refractivity contribution in [1.29, 1.82) is 0 Å². The second kappa shape index (κ2) is 6.77. The molecule has 0 fully saturated rings. The maximum atomic E-state index is 12.6. The average molecular weight is 323 g/mol. The van der Waals surface area contributed by atoms with Crippen molar-refractivity contribution in [1.82, 2.24) is 5.32 Å². The number of benzene rings is 1. The van der Waals surface area contributed by atoms with E-state index in [1.54, 1.807) is 24.3 Å². The van der Waals surface area contributed by atoms with Crippen molar-refractivity contribution in [2.24, 2.45) is 0 Å². The van der Waals surface area contributed by atoms with Gasteiger partial charge in [-0.3, -0.25) is 4.79 Å². The molecular formula is C11H13BrF2N2O2. The van der Waals surface area contributed by atoms with E-state index in [1.165, 1.54) is 0 Å². The number of alkyl halides is 2. The largest absolute Gasteiger partial charge is 0.390 e. The molecule has 0 aliphatic heterocycles. The molecule has 0 aromatic heterocycles. The lowest BCUT2D eigenvalue weighted by molar-refractivity contribution is -0.115. The Balaban J connectivity index is 2.34. The number of amides is 1. The number of hydrogen-bond acceptors (Lipinski definition) is 3. The van der Waals surface area contributed by atoms with E-state index < -0.39 is 25.0 Å². The van der Waals surface area contributed by atoms with Gasteiger partial charge in [0.05, 0.1) is 13.1 Å². The standard InChI is InChI=1S/C11H13BrF2N2O2/c12-8-2-1-3-9(4-8)16-10(18)5-15-6-11(13,14)7-17/h1-4,15,17H,5-7H2,(H,16,18). The molecule has 0 spiro atoms. The molecule has 0 aliphatic carbocycles. The van der Waals surface area contributed by atoms with Crippen LogP contribution in [0.1, 0.15) is 0 Å². The number of carbonyl (C=O) groups is 1. The fraction of sp³-hybridized carbons (Fsp3) is 0.364. The molecule has 1 amide bonds. The summed E-state index contributed by atoms with van der Waals surface area (Å²) in [5, 5.41) is 13.2. The molecule has 0 unspecified atom stereocenters. The number of nitrogens with one attached hydrogen (secondary N) is 2. The Kier molecular flexibility index (Phi) is 5.64. The van der Waals surface area contributed by atoms with Crippen LogP contribution in [0.4, 0.5) is 14.5 Å². The monoisotopic (exact) mass is 322 g/mol. The molecule has 1 rings (SSSR count). The number of aliphatic hydroxyl groups is 1. The third-order valence-electron chi connectivity index (χ3n) is 2.01. The third-order valence-corrected chi connectivity index (χ3v) is 2.50. The van der Waals surface area contributed by atoms with Gasteiger partial charge in [0.1, 0.15) is 6.61 Å². The summed E-state index contributed by atoms with van der Waals surface area (Å²) in [4.78, 5) is 11.4. The minimum Gasteiger partial charge on any atom is -0.390 e. The zero-order valence-corrected chi connectivity index (χ0v) is 11.0. The Hall–Kier alpha value is -1.05. The first-order valence-electron chi connectivity index (χ1n) is 5.18. The van der Waals surface area contributed by atoms with Crippen LogP contribution in [-0.2, 0) is 4.79 Å². The summed E-state index contributed by atoms with van der Waals surface area (Å²) in [6.45, 7) is -2.23. The first-order valence-corrected chi connectivity index (χ1v) is 5.97. The number of rotatable bonds is 6. The molecule has 0 radical (unpaired) electrons. The van der Waals surface area contributed by atoms with E-state index in [1.807, 2.05) is 0 Å². The van der Waals surface area contributed by atoms with Crippen LogP contribution >= 0.6 is 15.9 Å². The van der Waals surface area contributed by atoms with E-state index in [4.69, 9.17) is 5.11 Å². The zero-order chi connectivity index (χ0) is 13.6. The Bertz CT molecular complexity index is 416. The Morgan fingerprint density at radius 3 is 2.78 bits per heavy atom.